The van der Waals surface area contributed by atoms with E-state index in [-0.39, 0.29) is 23.1 Å². The highest BCUT2D eigenvalue weighted by atomic mass is 16.6. The van der Waals surface area contributed by atoms with E-state index in [9.17, 15) is 5.11 Å². The number of rotatable bonds is 5. The third-order valence-corrected chi connectivity index (χ3v) is 2.46. The van der Waals surface area contributed by atoms with Crippen LogP contribution in [0.1, 0.15) is 18.2 Å². The van der Waals surface area contributed by atoms with Gasteiger partial charge in [-0.1, -0.05) is 0 Å². The van der Waals surface area contributed by atoms with Crippen LogP contribution in [0.4, 0.5) is 5.82 Å². The lowest BCUT2D eigenvalue weighted by atomic mass is 10.2. The SMILES string of the molecule is CCOc1cc(/C=[NH+]/N=C(N)c2nonc2N)ccc1O. The monoisotopic (exact) mass is 291 g/mol. The van der Waals surface area contributed by atoms with E-state index >= 15 is 0 Å². The first kappa shape index (κ1) is 14.3. The Kier molecular flexibility index (Phi) is 4.34. The molecule has 9 heteroatoms. The number of aromatic nitrogens is 2. The Bertz CT molecular complexity index is 679. The molecule has 9 nitrogen and oxygen atoms in total. The average molecular weight is 291 g/mol. The number of benzene rings is 1. The van der Waals surface area contributed by atoms with Gasteiger partial charge in [0.05, 0.1) is 6.61 Å². The lowest BCUT2D eigenvalue weighted by Crippen LogP contribution is -2.63. The van der Waals surface area contributed by atoms with E-state index in [1.54, 1.807) is 18.3 Å². The second kappa shape index (κ2) is 6.37. The molecule has 0 amide bonds. The average Bonchev–Trinajstić information content (AvgIpc) is 2.89. The zero-order chi connectivity index (χ0) is 15.2. The third kappa shape index (κ3) is 3.47. The van der Waals surface area contributed by atoms with Crippen molar-refractivity contribution in [1.82, 2.24) is 10.3 Å². The van der Waals surface area contributed by atoms with E-state index in [1.807, 2.05) is 6.92 Å². The van der Waals surface area contributed by atoms with Crippen molar-refractivity contribution in [3.05, 3.63) is 29.5 Å². The van der Waals surface area contributed by atoms with Gasteiger partial charge in [-0.3, -0.25) is 0 Å². The predicted molar refractivity (Wildman–Crippen MR) is 74.8 cm³/mol. The Labute approximate surface area is 119 Å². The Morgan fingerprint density at radius 2 is 2.33 bits per heavy atom. The fourth-order valence-corrected chi connectivity index (χ4v) is 1.49. The molecule has 2 aromatic rings. The van der Waals surface area contributed by atoms with Crippen molar-refractivity contribution in [2.45, 2.75) is 6.92 Å². The van der Waals surface area contributed by atoms with E-state index in [1.165, 1.54) is 6.07 Å². The van der Waals surface area contributed by atoms with Crippen LogP contribution < -0.4 is 21.3 Å². The molecule has 21 heavy (non-hydrogen) atoms. The first-order chi connectivity index (χ1) is 10.1. The first-order valence-corrected chi connectivity index (χ1v) is 6.08. The highest BCUT2D eigenvalue weighted by Crippen LogP contribution is 2.25. The number of nitrogens with zero attached hydrogens (tertiary/aromatic N) is 3. The fourth-order valence-electron chi connectivity index (χ4n) is 1.49. The predicted octanol–water partition coefficient (Wildman–Crippen LogP) is -1.42. The van der Waals surface area contributed by atoms with Crippen molar-refractivity contribution in [2.24, 2.45) is 10.8 Å². The van der Waals surface area contributed by atoms with Crippen molar-refractivity contribution < 1.29 is 19.6 Å². The topological polar surface area (TPSA) is 147 Å². The number of nitrogens with two attached hydrogens (primary N) is 2. The van der Waals surface area contributed by atoms with Crippen LogP contribution in [-0.2, 0) is 0 Å². The summed E-state index contributed by atoms with van der Waals surface area (Å²) in [6.45, 7) is 2.28. The Balaban J connectivity index is 2.14. The summed E-state index contributed by atoms with van der Waals surface area (Å²) >= 11 is 0. The number of hydrogen-bond acceptors (Lipinski definition) is 7. The lowest BCUT2D eigenvalue weighted by molar-refractivity contribution is -0.456. The Morgan fingerprint density at radius 3 is 3.00 bits per heavy atom. The molecule has 0 spiro atoms. The third-order valence-electron chi connectivity index (χ3n) is 2.46. The van der Waals surface area contributed by atoms with E-state index < -0.39 is 0 Å². The molecule has 1 heterocycles. The molecule has 1 aromatic heterocycles. The number of aromatic hydroxyl groups is 1. The molecule has 110 valence electrons. The van der Waals surface area contributed by atoms with Gasteiger partial charge in [-0.2, -0.15) is 0 Å². The normalized spacial score (nSPS) is 12.0. The molecule has 6 N–H and O–H groups in total. The van der Waals surface area contributed by atoms with Crippen LogP contribution in [0.15, 0.2) is 27.9 Å². The molecule has 0 saturated heterocycles. The van der Waals surface area contributed by atoms with Gasteiger partial charge in [-0.15, -0.1) is 5.10 Å². The lowest BCUT2D eigenvalue weighted by Gasteiger charge is -2.04. The number of hydrazone groups is 1. The maximum absolute atomic E-state index is 9.59. The molecule has 0 radical (unpaired) electrons. The summed E-state index contributed by atoms with van der Waals surface area (Å²) in [4.78, 5) is 0. The van der Waals surface area contributed by atoms with Crippen LogP contribution in [0.5, 0.6) is 11.5 Å². The number of ether oxygens (including phenoxy) is 1. The maximum atomic E-state index is 9.59. The molecular weight excluding hydrogens is 276 g/mol. The largest absolute Gasteiger partial charge is 0.504 e. The zero-order valence-corrected chi connectivity index (χ0v) is 11.3. The standard InChI is InChI=1S/C12H14N6O3/c1-2-20-9-5-7(3-4-8(9)19)6-15-16-11(13)10-12(14)18-21-17-10/h3-6,19H,2H2,1H3,(H2,13,16)(H2,14,18)/p+1/b15-6+. The molecule has 0 aliphatic heterocycles. The minimum atomic E-state index is 0.0359. The number of amidine groups is 1. The number of hydrogen-bond donors (Lipinski definition) is 4. The molecule has 0 saturated carbocycles. The second-order valence-corrected chi connectivity index (χ2v) is 3.93. The summed E-state index contributed by atoms with van der Waals surface area (Å²) in [5, 5.41) is 23.0. The van der Waals surface area contributed by atoms with Crippen LogP contribution >= 0.6 is 0 Å². The minimum absolute atomic E-state index is 0.0359. The van der Waals surface area contributed by atoms with Crippen molar-refractivity contribution in [2.75, 3.05) is 12.3 Å². The van der Waals surface area contributed by atoms with E-state index in [4.69, 9.17) is 16.2 Å². The van der Waals surface area contributed by atoms with Crippen LogP contribution in [0, 0.1) is 0 Å². The number of phenolic OH excluding ortho intramolecular Hbond substituents is 1. The van der Waals surface area contributed by atoms with Crippen molar-refractivity contribution in [3.8, 4) is 11.5 Å². The molecule has 0 unspecified atom stereocenters. The zero-order valence-electron chi connectivity index (χ0n) is 11.3. The molecule has 0 aliphatic rings. The molecule has 0 bridgehead atoms. The van der Waals surface area contributed by atoms with Gasteiger partial charge >= 0.3 is 0 Å². The van der Waals surface area contributed by atoms with Crippen molar-refractivity contribution >= 4 is 17.9 Å². The molecule has 0 fully saturated rings. The summed E-state index contributed by atoms with van der Waals surface area (Å²) in [6, 6.07) is 4.86. The van der Waals surface area contributed by atoms with Crippen LogP contribution in [-0.4, -0.2) is 34.1 Å². The highest BCUT2D eigenvalue weighted by Gasteiger charge is 2.12. The van der Waals surface area contributed by atoms with Crippen molar-refractivity contribution in [3.63, 3.8) is 0 Å². The quantitative estimate of drug-likeness (QED) is 0.300. The van der Waals surface area contributed by atoms with Gasteiger partial charge in [0.25, 0.3) is 0 Å². The van der Waals surface area contributed by atoms with E-state index in [0.717, 1.165) is 5.56 Å². The molecule has 2 rings (SSSR count). The molecule has 0 aliphatic carbocycles. The summed E-state index contributed by atoms with van der Waals surface area (Å²) in [5.41, 5.74) is 12.0. The summed E-state index contributed by atoms with van der Waals surface area (Å²) in [7, 11) is 0. The molecular formula is C12H15N6O3+. The van der Waals surface area contributed by atoms with Gasteiger partial charge in [-0.05, 0) is 35.4 Å². The van der Waals surface area contributed by atoms with Crippen LogP contribution in [0.2, 0.25) is 0 Å². The Morgan fingerprint density at radius 1 is 1.52 bits per heavy atom. The van der Waals surface area contributed by atoms with Gasteiger partial charge in [0.2, 0.25) is 12.1 Å². The van der Waals surface area contributed by atoms with Gasteiger partial charge in [0, 0.05) is 10.7 Å². The fraction of sp³-hybridized carbons (Fsp3) is 0.167. The van der Waals surface area contributed by atoms with E-state index in [0.29, 0.717) is 12.4 Å². The van der Waals surface area contributed by atoms with E-state index in [2.05, 4.69) is 25.1 Å². The number of anilines is 1. The maximum Gasteiger partial charge on any atom is 0.224 e. The van der Waals surface area contributed by atoms with Crippen LogP contribution in [0.25, 0.3) is 0 Å². The van der Waals surface area contributed by atoms with Crippen molar-refractivity contribution in [1.29, 1.82) is 0 Å². The van der Waals surface area contributed by atoms with Gasteiger partial charge in [0.15, 0.2) is 23.0 Å². The number of nitrogens with one attached hydrogen (secondary N) is 1. The summed E-state index contributed by atoms with van der Waals surface area (Å²) < 4.78 is 9.69. The highest BCUT2D eigenvalue weighted by molar-refractivity contribution is 5.98. The van der Waals surface area contributed by atoms with Crippen LogP contribution in [0.3, 0.4) is 0 Å². The molecule has 1 aromatic carbocycles. The smallest absolute Gasteiger partial charge is 0.224 e. The minimum Gasteiger partial charge on any atom is -0.504 e. The van der Waals surface area contributed by atoms with Gasteiger partial charge < -0.3 is 21.3 Å². The summed E-state index contributed by atoms with van der Waals surface area (Å²) in [5.74, 6) is 0.545. The first-order valence-electron chi connectivity index (χ1n) is 6.08. The summed E-state index contributed by atoms with van der Waals surface area (Å²) in [6.07, 6.45) is 1.57. The Hall–Kier alpha value is -3.10. The molecule has 0 atom stereocenters. The number of phenols is 1. The number of nitrogen functional groups attached to an aromatic ring is 1. The second-order valence-electron chi connectivity index (χ2n) is 3.93. The van der Waals surface area contributed by atoms with Gasteiger partial charge in [-0.25, -0.2) is 4.63 Å². The van der Waals surface area contributed by atoms with Gasteiger partial charge in [0.1, 0.15) is 0 Å².